The number of anilines is 2. The van der Waals surface area contributed by atoms with Crippen molar-refractivity contribution in [2.24, 2.45) is 5.92 Å². The van der Waals surface area contributed by atoms with Crippen molar-refractivity contribution in [3.8, 4) is 0 Å². The van der Waals surface area contributed by atoms with Crippen LogP contribution in [0.25, 0.3) is 0 Å². The normalized spacial score (nSPS) is 19.3. The molecule has 0 aliphatic carbocycles. The second-order valence-electron chi connectivity index (χ2n) is 10.3. The number of aromatic nitrogens is 1. The molecule has 9 heteroatoms. The molecule has 3 aliphatic rings. The number of hydrogen-bond acceptors (Lipinski definition) is 8. The number of nitrogen functional groups attached to an aromatic ring is 1. The van der Waals surface area contributed by atoms with E-state index in [1.165, 1.54) is 31.0 Å². The third-order valence-electron chi connectivity index (χ3n) is 7.54. The monoisotopic (exact) mass is 529 g/mol. The van der Waals surface area contributed by atoms with Crippen molar-refractivity contribution in [2.75, 3.05) is 43.9 Å². The minimum absolute atomic E-state index is 0.109. The highest BCUT2D eigenvalue weighted by Crippen LogP contribution is 2.28. The molecule has 1 aromatic carbocycles. The Morgan fingerprint density at radius 1 is 1.18 bits per heavy atom. The highest BCUT2D eigenvalue weighted by molar-refractivity contribution is 5.85. The van der Waals surface area contributed by atoms with E-state index in [1.54, 1.807) is 0 Å². The van der Waals surface area contributed by atoms with Gasteiger partial charge in [-0.3, -0.25) is 15.4 Å². The van der Waals surface area contributed by atoms with Crippen molar-refractivity contribution < 1.29 is 19.6 Å². The molecule has 5 rings (SSSR count). The number of halogens is 1. The lowest BCUT2D eigenvalue weighted by Gasteiger charge is -2.20. The molecule has 210 valence electrons. The number of nitrogens with zero attached hydrogens (tertiary/aromatic N) is 2. The maximum Gasteiger partial charge on any atom is 0.129 e. The Hall–Kier alpha value is -2.59. The number of hydrogen-bond donors (Lipinski definition) is 5. The highest BCUT2D eigenvalue weighted by atomic mass is 19.1. The van der Waals surface area contributed by atoms with Crippen LogP contribution in [0.1, 0.15) is 67.3 Å². The van der Waals surface area contributed by atoms with Gasteiger partial charge in [0.1, 0.15) is 12.0 Å². The van der Waals surface area contributed by atoms with Crippen LogP contribution in [0.4, 0.5) is 15.9 Å². The van der Waals surface area contributed by atoms with Gasteiger partial charge in [-0.15, -0.1) is 0 Å². The molecule has 3 aliphatic heterocycles. The summed E-state index contributed by atoms with van der Waals surface area (Å²) < 4.78 is 19.8. The molecule has 0 amide bonds. The van der Waals surface area contributed by atoms with Gasteiger partial charge in [0.05, 0.1) is 0 Å². The van der Waals surface area contributed by atoms with Crippen LogP contribution < -0.4 is 11.1 Å². The van der Waals surface area contributed by atoms with Crippen molar-refractivity contribution in [3.63, 3.8) is 0 Å². The fourth-order valence-corrected chi connectivity index (χ4v) is 5.34. The van der Waals surface area contributed by atoms with Gasteiger partial charge >= 0.3 is 0 Å². The van der Waals surface area contributed by atoms with E-state index in [9.17, 15) is 4.39 Å². The summed E-state index contributed by atoms with van der Waals surface area (Å²) in [7, 11) is 0. The second-order valence-corrected chi connectivity index (χ2v) is 10.3. The number of nitrogens with two attached hydrogens (primary N) is 1. The zero-order valence-corrected chi connectivity index (χ0v) is 22.4. The molecule has 0 radical (unpaired) electrons. The van der Waals surface area contributed by atoms with Gasteiger partial charge in [-0.2, -0.15) is 0 Å². The summed E-state index contributed by atoms with van der Waals surface area (Å²) in [6, 6.07) is 10.1. The Labute approximate surface area is 225 Å². The summed E-state index contributed by atoms with van der Waals surface area (Å²) in [4.78, 5) is 7.03. The fourth-order valence-electron chi connectivity index (χ4n) is 5.34. The largest absolute Gasteiger partial charge is 0.398 e. The molecular weight excluding hydrogens is 485 g/mol. The predicted molar refractivity (Wildman–Crippen MR) is 151 cm³/mol. The lowest BCUT2D eigenvalue weighted by atomic mass is 9.97. The molecule has 2 unspecified atom stereocenters. The first-order valence-corrected chi connectivity index (χ1v) is 13.9. The summed E-state index contributed by atoms with van der Waals surface area (Å²) in [6.07, 6.45) is 9.73. The standard InChI is InChI=1S/C25H34FN5.C4H8O.H2O2/c26-23(9-2-1-8-22-11-10-18-7-4-13-29-25(18)30-22)20-12-14-31(16-20)17-21-6-3-5-19(15-27)24(21)28;1-2-4-5-3-1;1-2/h3,5-6,10-11,15,20,23,27H,1-2,4,7-9,12-14,16-17,28H2,(H,29,30);1-4H2;1-2H. The third-order valence-corrected chi connectivity index (χ3v) is 7.54. The summed E-state index contributed by atoms with van der Waals surface area (Å²) >= 11 is 0. The molecule has 2 aromatic rings. The first-order chi connectivity index (χ1) is 18.6. The van der Waals surface area contributed by atoms with Crippen molar-refractivity contribution in [1.29, 1.82) is 5.41 Å². The molecule has 0 saturated carbocycles. The van der Waals surface area contributed by atoms with Gasteiger partial charge in [0, 0.05) is 61.9 Å². The van der Waals surface area contributed by atoms with Crippen LogP contribution in [0.3, 0.4) is 0 Å². The molecular formula is C29H44FN5O3. The number of ether oxygens (including phenoxy) is 1. The average Bonchev–Trinajstić information content (AvgIpc) is 3.69. The second kappa shape index (κ2) is 16.4. The van der Waals surface area contributed by atoms with Crippen molar-refractivity contribution in [2.45, 2.75) is 70.5 Å². The molecule has 6 N–H and O–H groups in total. The SMILES string of the molecule is C1CCOC1.N=Cc1cccc(CN2CCC(C(F)CCCCc3ccc4c(n3)NCCC4)C2)c1N.OO. The molecule has 1 aromatic heterocycles. The van der Waals surface area contributed by atoms with Gasteiger partial charge in [0.2, 0.25) is 0 Å². The number of aryl methyl sites for hydroxylation is 2. The third kappa shape index (κ3) is 9.01. The Bertz CT molecular complexity index is 981. The number of pyridine rings is 1. The minimum atomic E-state index is -0.742. The van der Waals surface area contributed by atoms with Crippen LogP contribution >= 0.6 is 0 Å². The average molecular weight is 530 g/mol. The fraction of sp³-hybridized carbons (Fsp3) is 0.586. The van der Waals surface area contributed by atoms with E-state index in [-0.39, 0.29) is 5.92 Å². The van der Waals surface area contributed by atoms with Gasteiger partial charge in [0.15, 0.2) is 0 Å². The molecule has 38 heavy (non-hydrogen) atoms. The number of unbranched alkanes of at least 4 members (excludes halogenated alkanes) is 1. The summed E-state index contributed by atoms with van der Waals surface area (Å²) in [5.74, 6) is 1.16. The first kappa shape index (κ1) is 30.0. The summed E-state index contributed by atoms with van der Waals surface area (Å²) in [6.45, 7) is 5.43. The number of alkyl halides is 1. The summed E-state index contributed by atoms with van der Waals surface area (Å²) in [5, 5.41) is 22.8. The van der Waals surface area contributed by atoms with E-state index in [4.69, 9.17) is 31.4 Å². The van der Waals surface area contributed by atoms with Gasteiger partial charge in [-0.1, -0.05) is 30.7 Å². The van der Waals surface area contributed by atoms with Crippen molar-refractivity contribution in [1.82, 2.24) is 9.88 Å². The maximum atomic E-state index is 14.9. The molecule has 2 fully saturated rings. The van der Waals surface area contributed by atoms with E-state index >= 15 is 0 Å². The van der Waals surface area contributed by atoms with Crippen LogP contribution in [0.5, 0.6) is 0 Å². The highest BCUT2D eigenvalue weighted by Gasteiger charge is 2.29. The van der Waals surface area contributed by atoms with Crippen molar-refractivity contribution in [3.05, 3.63) is 52.7 Å². The van der Waals surface area contributed by atoms with E-state index in [2.05, 4.69) is 22.3 Å². The minimum Gasteiger partial charge on any atom is -0.398 e. The Kier molecular flexibility index (Phi) is 12.9. The number of rotatable bonds is 9. The van der Waals surface area contributed by atoms with Gasteiger partial charge < -0.3 is 21.2 Å². The Balaban J connectivity index is 0.000000504. The molecule has 2 atom stereocenters. The number of para-hydroxylation sites is 1. The molecule has 0 spiro atoms. The first-order valence-electron chi connectivity index (χ1n) is 13.9. The number of nitrogens with one attached hydrogen (secondary N) is 2. The molecule has 8 nitrogen and oxygen atoms in total. The molecule has 0 bridgehead atoms. The van der Waals surface area contributed by atoms with E-state index in [1.807, 2.05) is 18.2 Å². The number of fused-ring (bicyclic) bond motifs is 1. The van der Waals surface area contributed by atoms with Crippen LogP contribution in [-0.4, -0.2) is 65.6 Å². The lowest BCUT2D eigenvalue weighted by Crippen LogP contribution is -2.24. The molecule has 4 heterocycles. The Morgan fingerprint density at radius 2 is 2.00 bits per heavy atom. The Morgan fingerprint density at radius 3 is 2.74 bits per heavy atom. The zero-order chi connectivity index (χ0) is 27.2. The van der Waals surface area contributed by atoms with E-state index in [0.29, 0.717) is 12.1 Å². The maximum absolute atomic E-state index is 14.9. The van der Waals surface area contributed by atoms with Gasteiger partial charge in [-0.25, -0.2) is 9.37 Å². The topological polar surface area (TPSA) is 128 Å². The van der Waals surface area contributed by atoms with Gasteiger partial charge in [-0.05, 0) is 75.1 Å². The smallest absolute Gasteiger partial charge is 0.129 e. The quantitative estimate of drug-likeness (QED) is 0.0966. The van der Waals surface area contributed by atoms with Crippen LogP contribution in [0.15, 0.2) is 30.3 Å². The zero-order valence-electron chi connectivity index (χ0n) is 22.4. The molecule has 2 saturated heterocycles. The van der Waals surface area contributed by atoms with Crippen LogP contribution in [0, 0.1) is 11.3 Å². The van der Waals surface area contributed by atoms with E-state index < -0.39 is 6.17 Å². The van der Waals surface area contributed by atoms with Crippen LogP contribution in [0.2, 0.25) is 0 Å². The summed E-state index contributed by atoms with van der Waals surface area (Å²) in [5.41, 5.74) is 11.1. The lowest BCUT2D eigenvalue weighted by molar-refractivity contribution is -0.176. The number of likely N-dealkylation sites (tertiary alicyclic amines) is 1. The van der Waals surface area contributed by atoms with Crippen molar-refractivity contribution >= 4 is 17.7 Å². The van der Waals surface area contributed by atoms with Crippen LogP contribution in [-0.2, 0) is 24.1 Å². The van der Waals surface area contributed by atoms with Gasteiger partial charge in [0.25, 0.3) is 0 Å². The number of benzene rings is 1. The predicted octanol–water partition coefficient (Wildman–Crippen LogP) is 5.41. The van der Waals surface area contributed by atoms with E-state index in [0.717, 1.165) is 94.1 Å².